The molecule has 0 bridgehead atoms. The summed E-state index contributed by atoms with van der Waals surface area (Å²) in [7, 11) is 2.02. The number of nitrogen functional groups attached to an aromatic ring is 1. The van der Waals surface area contributed by atoms with Crippen LogP contribution in [0.4, 0.5) is 26.0 Å². The van der Waals surface area contributed by atoms with E-state index >= 15 is 0 Å². The molecular weight excluding hydrogens is 348 g/mol. The number of fused-ring (bicyclic) bond motifs is 1. The lowest BCUT2D eigenvalue weighted by Gasteiger charge is -2.25. The fraction of sp³-hybridized carbons (Fsp3) is 0.200. The van der Waals surface area contributed by atoms with Gasteiger partial charge in [-0.05, 0) is 49.0 Å². The Hall–Kier alpha value is -3.06. The van der Waals surface area contributed by atoms with E-state index in [2.05, 4.69) is 15.1 Å². The molecule has 5 nitrogen and oxygen atoms in total. The van der Waals surface area contributed by atoms with Gasteiger partial charge in [0.2, 0.25) is 0 Å². The average Bonchev–Trinajstić information content (AvgIpc) is 2.79. The minimum atomic E-state index is -0.585. The Balaban J connectivity index is 1.79. The summed E-state index contributed by atoms with van der Waals surface area (Å²) < 4.78 is 27.5. The summed E-state index contributed by atoms with van der Waals surface area (Å²) in [6.45, 7) is 2.12. The molecule has 0 fully saturated rings. The first-order valence-corrected chi connectivity index (χ1v) is 8.64. The van der Waals surface area contributed by atoms with Gasteiger partial charge in [0.05, 0.1) is 5.69 Å². The van der Waals surface area contributed by atoms with Gasteiger partial charge in [-0.3, -0.25) is 0 Å². The van der Waals surface area contributed by atoms with Crippen LogP contribution >= 0.6 is 0 Å². The Labute approximate surface area is 156 Å². The van der Waals surface area contributed by atoms with Crippen LogP contribution in [-0.4, -0.2) is 35.2 Å². The van der Waals surface area contributed by atoms with E-state index in [1.807, 2.05) is 36.2 Å². The summed E-state index contributed by atoms with van der Waals surface area (Å²) in [6, 6.07) is 13.1. The lowest BCUT2D eigenvalue weighted by molar-refractivity contribution is 0.343. The van der Waals surface area contributed by atoms with Gasteiger partial charge in [0.15, 0.2) is 0 Å². The van der Waals surface area contributed by atoms with Crippen LogP contribution in [0.25, 0.3) is 11.3 Å². The molecule has 1 aliphatic heterocycles. The van der Waals surface area contributed by atoms with Crippen molar-refractivity contribution in [3.8, 4) is 11.3 Å². The van der Waals surface area contributed by atoms with Crippen LogP contribution in [0.1, 0.15) is 5.56 Å². The topological polar surface area (TPSA) is 58.3 Å². The molecule has 0 unspecified atom stereocenters. The molecule has 0 radical (unpaired) electrons. The molecule has 0 aliphatic carbocycles. The van der Waals surface area contributed by atoms with E-state index in [0.29, 0.717) is 18.1 Å². The minimum absolute atomic E-state index is 0.368. The molecule has 1 aliphatic rings. The van der Waals surface area contributed by atoms with Gasteiger partial charge >= 0.3 is 0 Å². The number of rotatable bonds is 2. The molecular formula is C20H19F2N5. The van der Waals surface area contributed by atoms with Gasteiger partial charge in [-0.25, -0.2) is 8.78 Å². The molecule has 0 amide bonds. The quantitative estimate of drug-likeness (QED) is 0.750. The van der Waals surface area contributed by atoms with E-state index in [1.165, 1.54) is 12.1 Å². The molecule has 1 aromatic heterocycles. The number of hydrogen-bond donors (Lipinski definition) is 1. The molecule has 2 aromatic carbocycles. The van der Waals surface area contributed by atoms with E-state index in [0.717, 1.165) is 41.7 Å². The smallest absolute Gasteiger partial charge is 0.146 e. The van der Waals surface area contributed by atoms with Crippen molar-refractivity contribution < 1.29 is 8.78 Å². The zero-order chi connectivity index (χ0) is 19.0. The van der Waals surface area contributed by atoms with Crippen molar-refractivity contribution in [2.75, 3.05) is 30.8 Å². The van der Waals surface area contributed by atoms with Gasteiger partial charge in [0.1, 0.15) is 17.5 Å². The Morgan fingerprint density at radius 1 is 0.926 bits per heavy atom. The molecule has 138 valence electrons. The maximum absolute atomic E-state index is 13.8. The summed E-state index contributed by atoms with van der Waals surface area (Å²) in [5.41, 5.74) is 9.74. The fourth-order valence-corrected chi connectivity index (χ4v) is 3.36. The Morgan fingerprint density at radius 2 is 1.70 bits per heavy atom. The van der Waals surface area contributed by atoms with Crippen molar-refractivity contribution in [3.63, 3.8) is 0 Å². The third kappa shape index (κ3) is 3.59. The number of likely N-dealkylation sites (N-methyl/N-ethyl adjacent to an activating group) is 1. The highest BCUT2D eigenvalue weighted by Crippen LogP contribution is 2.34. The predicted molar refractivity (Wildman–Crippen MR) is 102 cm³/mol. The first kappa shape index (κ1) is 17.4. The molecule has 27 heavy (non-hydrogen) atoms. The standard InChI is InChI=1S/C20H19F2N5/c1-26-6-7-27(17-10-15(21)9-16(22)11-17)19-4-2-13(8-14(19)12-26)18-3-5-20(23)25-24-18/h2-5,8-11H,6-7,12H2,1H3,(H2,23,25). The molecule has 2 N–H and O–H groups in total. The van der Waals surface area contributed by atoms with Crippen LogP contribution in [0.2, 0.25) is 0 Å². The van der Waals surface area contributed by atoms with Crippen LogP contribution < -0.4 is 10.6 Å². The number of hydrogen-bond acceptors (Lipinski definition) is 5. The Morgan fingerprint density at radius 3 is 2.41 bits per heavy atom. The van der Waals surface area contributed by atoms with E-state index in [-0.39, 0.29) is 0 Å². The van der Waals surface area contributed by atoms with Crippen LogP contribution in [-0.2, 0) is 6.54 Å². The van der Waals surface area contributed by atoms with Gasteiger partial charge < -0.3 is 15.5 Å². The second kappa shape index (κ2) is 6.92. The fourth-order valence-electron chi connectivity index (χ4n) is 3.36. The largest absolute Gasteiger partial charge is 0.382 e. The Bertz CT molecular complexity index is 954. The third-order valence-electron chi connectivity index (χ3n) is 4.66. The number of aromatic nitrogens is 2. The van der Waals surface area contributed by atoms with Crippen molar-refractivity contribution in [2.45, 2.75) is 6.54 Å². The monoisotopic (exact) mass is 367 g/mol. The zero-order valence-electron chi connectivity index (χ0n) is 14.9. The van der Waals surface area contributed by atoms with Crippen molar-refractivity contribution >= 4 is 17.2 Å². The third-order valence-corrected chi connectivity index (χ3v) is 4.66. The van der Waals surface area contributed by atoms with Crippen molar-refractivity contribution in [2.24, 2.45) is 0 Å². The Kier molecular flexibility index (Phi) is 4.45. The summed E-state index contributed by atoms with van der Waals surface area (Å²) in [4.78, 5) is 4.12. The van der Waals surface area contributed by atoms with Gasteiger partial charge in [0.25, 0.3) is 0 Å². The van der Waals surface area contributed by atoms with E-state index in [4.69, 9.17) is 5.73 Å². The van der Waals surface area contributed by atoms with Gasteiger partial charge in [-0.15, -0.1) is 10.2 Å². The van der Waals surface area contributed by atoms with Gasteiger partial charge in [-0.2, -0.15) is 0 Å². The van der Waals surface area contributed by atoms with E-state index < -0.39 is 11.6 Å². The molecule has 3 aromatic rings. The molecule has 2 heterocycles. The highest BCUT2D eigenvalue weighted by molar-refractivity contribution is 5.72. The molecule has 7 heteroatoms. The molecule has 0 saturated heterocycles. The lowest BCUT2D eigenvalue weighted by atomic mass is 10.0. The van der Waals surface area contributed by atoms with Crippen molar-refractivity contribution in [3.05, 3.63) is 65.7 Å². The summed E-state index contributed by atoms with van der Waals surface area (Å²) in [6.07, 6.45) is 0. The summed E-state index contributed by atoms with van der Waals surface area (Å²) in [5, 5.41) is 8.05. The van der Waals surface area contributed by atoms with Crippen LogP contribution in [0.3, 0.4) is 0 Å². The number of nitrogens with two attached hydrogens (primary N) is 1. The van der Waals surface area contributed by atoms with E-state index in [9.17, 15) is 8.78 Å². The number of benzene rings is 2. The number of nitrogens with zero attached hydrogens (tertiary/aromatic N) is 4. The molecule has 0 atom stereocenters. The van der Waals surface area contributed by atoms with Crippen LogP contribution in [0.15, 0.2) is 48.5 Å². The van der Waals surface area contributed by atoms with Crippen molar-refractivity contribution in [1.82, 2.24) is 15.1 Å². The van der Waals surface area contributed by atoms with E-state index in [1.54, 1.807) is 6.07 Å². The van der Waals surface area contributed by atoms with Crippen LogP contribution in [0, 0.1) is 11.6 Å². The first-order chi connectivity index (χ1) is 13.0. The second-order valence-electron chi connectivity index (χ2n) is 6.70. The predicted octanol–water partition coefficient (Wildman–Crippen LogP) is 3.59. The highest BCUT2D eigenvalue weighted by Gasteiger charge is 2.21. The normalized spacial score (nSPS) is 14.7. The van der Waals surface area contributed by atoms with Crippen molar-refractivity contribution in [1.29, 1.82) is 0 Å². The minimum Gasteiger partial charge on any atom is -0.382 e. The maximum Gasteiger partial charge on any atom is 0.146 e. The maximum atomic E-state index is 13.8. The first-order valence-electron chi connectivity index (χ1n) is 8.64. The molecule has 0 spiro atoms. The molecule has 4 rings (SSSR count). The lowest BCUT2D eigenvalue weighted by Crippen LogP contribution is -2.26. The SMILES string of the molecule is CN1CCN(c2cc(F)cc(F)c2)c2ccc(-c3ccc(N)nn3)cc2C1. The van der Waals surface area contributed by atoms with Gasteiger partial charge in [-0.1, -0.05) is 6.07 Å². The number of halogens is 2. The molecule has 0 saturated carbocycles. The highest BCUT2D eigenvalue weighted by atomic mass is 19.1. The zero-order valence-corrected chi connectivity index (χ0v) is 14.9. The average molecular weight is 367 g/mol. The summed E-state index contributed by atoms with van der Waals surface area (Å²) >= 11 is 0. The second-order valence-corrected chi connectivity index (χ2v) is 6.70. The van der Waals surface area contributed by atoms with Gasteiger partial charge in [0, 0.05) is 42.6 Å². The summed E-state index contributed by atoms with van der Waals surface area (Å²) in [5.74, 6) is -0.802. The van der Waals surface area contributed by atoms with Crippen LogP contribution in [0.5, 0.6) is 0 Å². The number of anilines is 3.